The summed E-state index contributed by atoms with van der Waals surface area (Å²) in [5.41, 5.74) is 2.17. The van der Waals surface area contributed by atoms with Gasteiger partial charge in [0.15, 0.2) is 0 Å². The number of hydrogen-bond acceptors (Lipinski definition) is 4. The second-order valence-electron chi connectivity index (χ2n) is 5.71. The van der Waals surface area contributed by atoms with Crippen LogP contribution in [0.25, 0.3) is 6.08 Å². The smallest absolute Gasteiger partial charge is 0.266 e. The fourth-order valence-electron chi connectivity index (χ4n) is 2.36. The van der Waals surface area contributed by atoms with Crippen LogP contribution in [0.4, 0.5) is 5.69 Å². The molecule has 0 aliphatic heterocycles. The number of benzene rings is 2. The lowest BCUT2D eigenvalue weighted by Crippen LogP contribution is -2.14. The third-order valence-corrected chi connectivity index (χ3v) is 3.65. The predicted molar refractivity (Wildman–Crippen MR) is 102 cm³/mol. The molecule has 0 bridgehead atoms. The van der Waals surface area contributed by atoms with Crippen LogP contribution >= 0.6 is 0 Å². The van der Waals surface area contributed by atoms with Crippen molar-refractivity contribution >= 4 is 17.7 Å². The first kappa shape index (κ1) is 19.1. The second kappa shape index (κ2) is 9.28. The second-order valence-corrected chi connectivity index (χ2v) is 5.71. The van der Waals surface area contributed by atoms with Gasteiger partial charge < -0.3 is 14.8 Å². The molecule has 0 aromatic heterocycles. The Morgan fingerprint density at radius 3 is 2.69 bits per heavy atom. The Hall–Kier alpha value is -3.26. The summed E-state index contributed by atoms with van der Waals surface area (Å²) < 4.78 is 10.9. The van der Waals surface area contributed by atoms with Crippen molar-refractivity contribution in [3.05, 3.63) is 59.2 Å². The average Bonchev–Trinajstić information content (AvgIpc) is 2.65. The lowest BCUT2D eigenvalue weighted by Gasteiger charge is -2.11. The molecule has 0 radical (unpaired) electrons. The third kappa shape index (κ3) is 4.87. The lowest BCUT2D eigenvalue weighted by molar-refractivity contribution is -0.112. The molecule has 1 amide bonds. The predicted octanol–water partition coefficient (Wildman–Crippen LogP) is 4.34. The van der Waals surface area contributed by atoms with E-state index in [9.17, 15) is 10.1 Å². The molecule has 2 rings (SSSR count). The first-order chi connectivity index (χ1) is 12.6. The highest BCUT2D eigenvalue weighted by Gasteiger charge is 2.13. The number of ether oxygens (including phenoxy) is 2. The van der Waals surface area contributed by atoms with Gasteiger partial charge in [0.25, 0.3) is 5.91 Å². The van der Waals surface area contributed by atoms with Gasteiger partial charge in [-0.05, 0) is 43.2 Å². The Balaban J connectivity index is 2.29. The van der Waals surface area contributed by atoms with Crippen LogP contribution in [-0.2, 0) is 4.79 Å². The van der Waals surface area contributed by atoms with E-state index in [2.05, 4.69) is 5.32 Å². The zero-order chi connectivity index (χ0) is 18.9. The van der Waals surface area contributed by atoms with Crippen LogP contribution in [0.2, 0.25) is 0 Å². The van der Waals surface area contributed by atoms with Gasteiger partial charge in [-0.25, -0.2) is 0 Å². The van der Waals surface area contributed by atoms with Crippen molar-refractivity contribution in [2.45, 2.75) is 20.3 Å². The highest BCUT2D eigenvalue weighted by atomic mass is 16.5. The summed E-state index contributed by atoms with van der Waals surface area (Å²) in [5, 5.41) is 12.2. The van der Waals surface area contributed by atoms with Crippen LogP contribution in [0.5, 0.6) is 11.5 Å². The summed E-state index contributed by atoms with van der Waals surface area (Å²) in [5.74, 6) is 0.678. The molecule has 2 aromatic carbocycles. The first-order valence-corrected chi connectivity index (χ1v) is 8.38. The minimum absolute atomic E-state index is 0.0129. The molecule has 2 aromatic rings. The van der Waals surface area contributed by atoms with Gasteiger partial charge in [0.05, 0.1) is 19.4 Å². The number of nitriles is 1. The molecular formula is C21H22N2O3. The van der Waals surface area contributed by atoms with Crippen molar-refractivity contribution < 1.29 is 14.3 Å². The molecule has 134 valence electrons. The summed E-state index contributed by atoms with van der Waals surface area (Å²) >= 11 is 0. The van der Waals surface area contributed by atoms with Gasteiger partial charge in [-0.3, -0.25) is 4.79 Å². The Labute approximate surface area is 153 Å². The van der Waals surface area contributed by atoms with Gasteiger partial charge in [-0.1, -0.05) is 31.2 Å². The van der Waals surface area contributed by atoms with Crippen LogP contribution < -0.4 is 14.8 Å². The largest absolute Gasteiger partial charge is 0.495 e. The number of methoxy groups -OCH3 is 1. The molecular weight excluding hydrogens is 328 g/mol. The lowest BCUT2D eigenvalue weighted by atomic mass is 10.1. The maximum atomic E-state index is 12.6. The van der Waals surface area contributed by atoms with Crippen LogP contribution in [0.15, 0.2) is 48.0 Å². The number of nitrogens with one attached hydrogen (secondary N) is 1. The maximum absolute atomic E-state index is 12.6. The fourth-order valence-corrected chi connectivity index (χ4v) is 2.36. The topological polar surface area (TPSA) is 71.3 Å². The monoisotopic (exact) mass is 350 g/mol. The van der Waals surface area contributed by atoms with Crippen molar-refractivity contribution in [2.75, 3.05) is 19.0 Å². The quantitative estimate of drug-likeness (QED) is 0.596. The zero-order valence-corrected chi connectivity index (χ0v) is 15.2. The van der Waals surface area contributed by atoms with Gasteiger partial charge in [0.1, 0.15) is 23.1 Å². The Morgan fingerprint density at radius 2 is 2.00 bits per heavy atom. The number of rotatable bonds is 7. The molecule has 5 nitrogen and oxygen atoms in total. The molecule has 26 heavy (non-hydrogen) atoms. The molecule has 0 fully saturated rings. The summed E-state index contributed by atoms with van der Waals surface area (Å²) in [6, 6.07) is 14.7. The van der Waals surface area contributed by atoms with Gasteiger partial charge >= 0.3 is 0 Å². The fraction of sp³-hybridized carbons (Fsp3) is 0.238. The SMILES string of the molecule is CCCOc1ccccc1/C=C(\C#N)C(=O)Nc1cc(C)ccc1OC. The van der Waals surface area contributed by atoms with Crippen molar-refractivity contribution in [3.8, 4) is 17.6 Å². The van der Waals surface area contributed by atoms with E-state index in [0.29, 0.717) is 29.4 Å². The van der Waals surface area contributed by atoms with E-state index in [1.807, 2.05) is 50.2 Å². The number of amides is 1. The van der Waals surface area contributed by atoms with E-state index in [4.69, 9.17) is 9.47 Å². The molecule has 0 saturated carbocycles. The molecule has 5 heteroatoms. The highest BCUT2D eigenvalue weighted by molar-refractivity contribution is 6.10. The van der Waals surface area contributed by atoms with Gasteiger partial charge in [-0.2, -0.15) is 5.26 Å². The average molecular weight is 350 g/mol. The number of carbonyl (C=O) groups excluding carboxylic acids is 1. The molecule has 1 N–H and O–H groups in total. The highest BCUT2D eigenvalue weighted by Crippen LogP contribution is 2.26. The van der Waals surface area contributed by atoms with E-state index in [1.165, 1.54) is 13.2 Å². The number of hydrogen-bond donors (Lipinski definition) is 1. The summed E-state index contributed by atoms with van der Waals surface area (Å²) in [7, 11) is 1.53. The van der Waals surface area contributed by atoms with E-state index < -0.39 is 5.91 Å². The standard InChI is InChI=1S/C21H22N2O3/c1-4-11-26-19-8-6-5-7-16(19)13-17(14-22)21(24)23-18-12-15(2)9-10-20(18)25-3/h5-10,12-13H,4,11H2,1-3H3,(H,23,24)/b17-13+. The van der Waals surface area contributed by atoms with Gasteiger partial charge in [-0.15, -0.1) is 0 Å². The maximum Gasteiger partial charge on any atom is 0.266 e. The number of nitrogens with zero attached hydrogens (tertiary/aromatic N) is 1. The van der Waals surface area contributed by atoms with Crippen molar-refractivity contribution in [2.24, 2.45) is 0 Å². The molecule has 0 aliphatic carbocycles. The van der Waals surface area contributed by atoms with E-state index >= 15 is 0 Å². The molecule has 0 spiro atoms. The van der Waals surface area contributed by atoms with E-state index in [1.54, 1.807) is 12.1 Å². The number of para-hydroxylation sites is 1. The van der Waals surface area contributed by atoms with E-state index in [0.717, 1.165) is 12.0 Å². The Morgan fingerprint density at radius 1 is 1.23 bits per heavy atom. The van der Waals surface area contributed by atoms with Crippen LogP contribution in [0.1, 0.15) is 24.5 Å². The normalized spacial score (nSPS) is 10.8. The first-order valence-electron chi connectivity index (χ1n) is 8.38. The van der Waals surface area contributed by atoms with Crippen LogP contribution in [-0.4, -0.2) is 19.6 Å². The molecule has 0 atom stereocenters. The summed E-state index contributed by atoms with van der Waals surface area (Å²) in [6.45, 7) is 4.50. The van der Waals surface area contributed by atoms with Crippen LogP contribution in [0.3, 0.4) is 0 Å². The minimum Gasteiger partial charge on any atom is -0.495 e. The Kier molecular flexibility index (Phi) is 6.81. The molecule has 0 aliphatic rings. The van der Waals surface area contributed by atoms with E-state index in [-0.39, 0.29) is 5.57 Å². The van der Waals surface area contributed by atoms with Crippen LogP contribution in [0, 0.1) is 18.3 Å². The summed E-state index contributed by atoms with van der Waals surface area (Å²) in [6.07, 6.45) is 2.40. The Bertz CT molecular complexity index is 851. The number of anilines is 1. The van der Waals surface area contributed by atoms with Gasteiger partial charge in [0.2, 0.25) is 0 Å². The van der Waals surface area contributed by atoms with Crippen molar-refractivity contribution in [1.82, 2.24) is 0 Å². The van der Waals surface area contributed by atoms with Crippen molar-refractivity contribution in [1.29, 1.82) is 5.26 Å². The molecule has 0 saturated heterocycles. The van der Waals surface area contributed by atoms with Crippen molar-refractivity contribution in [3.63, 3.8) is 0 Å². The minimum atomic E-state index is -0.498. The zero-order valence-electron chi connectivity index (χ0n) is 15.2. The number of carbonyl (C=O) groups is 1. The molecule has 0 unspecified atom stereocenters. The van der Waals surface area contributed by atoms with Gasteiger partial charge in [0, 0.05) is 5.56 Å². The molecule has 0 heterocycles. The number of aryl methyl sites for hydroxylation is 1. The summed E-state index contributed by atoms with van der Waals surface area (Å²) in [4.78, 5) is 12.6. The third-order valence-electron chi connectivity index (χ3n) is 3.65.